The molecule has 0 bridgehead atoms. The molecule has 0 atom stereocenters. The summed E-state index contributed by atoms with van der Waals surface area (Å²) in [5.41, 5.74) is 0. The van der Waals surface area contributed by atoms with E-state index >= 15 is 0 Å². The molecule has 0 saturated carbocycles. The normalized spacial score (nSPS) is 11.9. The van der Waals surface area contributed by atoms with Crippen molar-refractivity contribution in [3.05, 3.63) is 24.3 Å². The van der Waals surface area contributed by atoms with Crippen LogP contribution in [0.1, 0.15) is 110 Å². The third kappa shape index (κ3) is 21.4. The van der Waals surface area contributed by atoms with E-state index in [-0.39, 0.29) is 6.61 Å². The quantitative estimate of drug-likeness (QED) is 0.206. The van der Waals surface area contributed by atoms with Crippen molar-refractivity contribution in [3.63, 3.8) is 0 Å². The van der Waals surface area contributed by atoms with Crippen molar-refractivity contribution in [2.24, 2.45) is 0 Å². The van der Waals surface area contributed by atoms with E-state index in [2.05, 4.69) is 25.2 Å². The molecular weight excluding hydrogens is 280 g/mol. The molecule has 0 aliphatic carbocycles. The highest BCUT2D eigenvalue weighted by Gasteiger charge is 1.91. The van der Waals surface area contributed by atoms with E-state index in [0.717, 1.165) is 6.42 Å². The zero-order chi connectivity index (χ0) is 16.8. The largest absolute Gasteiger partial charge is 0.392 e. The van der Waals surface area contributed by atoms with Crippen molar-refractivity contribution < 1.29 is 5.11 Å². The molecule has 0 aliphatic heterocycles. The monoisotopic (exact) mass is 322 g/mol. The van der Waals surface area contributed by atoms with Crippen molar-refractivity contribution in [2.45, 2.75) is 110 Å². The SMILES string of the molecule is CCCCCCCC/C=C\CCCCCCCCC/C=C/CO. The van der Waals surface area contributed by atoms with Crippen molar-refractivity contribution in [3.8, 4) is 0 Å². The zero-order valence-electron chi connectivity index (χ0n) is 15.8. The van der Waals surface area contributed by atoms with Crippen LogP contribution in [0.25, 0.3) is 0 Å². The van der Waals surface area contributed by atoms with Crippen LogP contribution < -0.4 is 0 Å². The molecule has 0 saturated heterocycles. The van der Waals surface area contributed by atoms with Crippen LogP contribution in [-0.4, -0.2) is 11.7 Å². The Kier molecular flexibility index (Phi) is 20.9. The summed E-state index contributed by atoms with van der Waals surface area (Å²) in [6.07, 6.45) is 30.4. The van der Waals surface area contributed by atoms with E-state index in [1.54, 1.807) is 0 Å². The maximum absolute atomic E-state index is 8.62. The second kappa shape index (κ2) is 21.4. The molecule has 0 rings (SSSR count). The Balaban J connectivity index is 3.06. The van der Waals surface area contributed by atoms with Crippen molar-refractivity contribution in [1.29, 1.82) is 0 Å². The van der Waals surface area contributed by atoms with Gasteiger partial charge in [-0.1, -0.05) is 95.4 Å². The highest BCUT2D eigenvalue weighted by atomic mass is 16.2. The first-order chi connectivity index (χ1) is 11.4. The number of hydrogen-bond donors (Lipinski definition) is 1. The van der Waals surface area contributed by atoms with Gasteiger partial charge >= 0.3 is 0 Å². The second-order valence-corrected chi connectivity index (χ2v) is 6.73. The molecular formula is C22H42O. The zero-order valence-corrected chi connectivity index (χ0v) is 15.8. The molecule has 0 amide bonds. The lowest BCUT2D eigenvalue weighted by atomic mass is 10.1. The number of aliphatic hydroxyl groups is 1. The van der Waals surface area contributed by atoms with Gasteiger partial charge in [0.05, 0.1) is 6.61 Å². The summed E-state index contributed by atoms with van der Waals surface area (Å²) < 4.78 is 0. The summed E-state index contributed by atoms with van der Waals surface area (Å²) in [6.45, 7) is 2.47. The van der Waals surface area contributed by atoms with Crippen molar-refractivity contribution in [2.75, 3.05) is 6.61 Å². The Morgan fingerprint density at radius 1 is 0.478 bits per heavy atom. The van der Waals surface area contributed by atoms with E-state index in [0.29, 0.717) is 0 Å². The molecule has 23 heavy (non-hydrogen) atoms. The predicted octanol–water partition coefficient (Wildman–Crippen LogP) is 7.35. The molecule has 0 radical (unpaired) electrons. The minimum Gasteiger partial charge on any atom is -0.392 e. The molecule has 1 nitrogen and oxygen atoms in total. The first kappa shape index (κ1) is 22.4. The van der Waals surface area contributed by atoms with Crippen LogP contribution in [0.4, 0.5) is 0 Å². The van der Waals surface area contributed by atoms with Crippen LogP contribution >= 0.6 is 0 Å². The summed E-state index contributed by atoms with van der Waals surface area (Å²) in [7, 11) is 0. The topological polar surface area (TPSA) is 20.2 Å². The fourth-order valence-corrected chi connectivity index (χ4v) is 2.88. The summed E-state index contributed by atoms with van der Waals surface area (Å²) in [6, 6.07) is 0. The summed E-state index contributed by atoms with van der Waals surface area (Å²) >= 11 is 0. The average Bonchev–Trinajstić information content (AvgIpc) is 2.57. The van der Waals surface area contributed by atoms with Crippen LogP contribution in [0.3, 0.4) is 0 Å². The van der Waals surface area contributed by atoms with Gasteiger partial charge in [0.15, 0.2) is 0 Å². The summed E-state index contributed by atoms with van der Waals surface area (Å²) in [5, 5.41) is 8.62. The van der Waals surface area contributed by atoms with Gasteiger partial charge in [-0.05, 0) is 38.5 Å². The maximum Gasteiger partial charge on any atom is 0.0612 e. The van der Waals surface area contributed by atoms with Gasteiger partial charge in [0.25, 0.3) is 0 Å². The Morgan fingerprint density at radius 2 is 0.826 bits per heavy atom. The molecule has 0 fully saturated rings. The lowest BCUT2D eigenvalue weighted by Gasteiger charge is -2.00. The van der Waals surface area contributed by atoms with Gasteiger partial charge in [0.2, 0.25) is 0 Å². The molecule has 0 heterocycles. The molecule has 0 spiro atoms. The fourth-order valence-electron chi connectivity index (χ4n) is 2.88. The number of hydrogen-bond acceptors (Lipinski definition) is 1. The number of rotatable bonds is 18. The standard InChI is InChI=1S/C22H42O/c1-2-3-4-5-6-7-8-9-10-11-12-13-14-15-16-17-18-19-20-21-22-23/h9-10,20-21,23H,2-8,11-19,22H2,1H3/b10-9-,21-20+. The van der Waals surface area contributed by atoms with Gasteiger partial charge in [-0.2, -0.15) is 0 Å². The Hall–Kier alpha value is -0.560. The number of aliphatic hydroxyl groups excluding tert-OH is 1. The molecule has 0 aromatic carbocycles. The molecule has 0 unspecified atom stereocenters. The minimum absolute atomic E-state index is 0.188. The lowest BCUT2D eigenvalue weighted by Crippen LogP contribution is -1.81. The molecule has 136 valence electrons. The Labute approximate surface area is 146 Å². The summed E-state index contributed by atoms with van der Waals surface area (Å²) in [5.74, 6) is 0. The molecule has 1 N–H and O–H groups in total. The number of unbranched alkanes of at least 4 members (excludes halogenated alkanes) is 14. The Morgan fingerprint density at radius 3 is 1.22 bits per heavy atom. The van der Waals surface area contributed by atoms with Crippen LogP contribution in [0.5, 0.6) is 0 Å². The van der Waals surface area contributed by atoms with Crippen LogP contribution in [0, 0.1) is 0 Å². The number of allylic oxidation sites excluding steroid dienone is 3. The van der Waals surface area contributed by atoms with Crippen LogP contribution in [0.2, 0.25) is 0 Å². The predicted molar refractivity (Wildman–Crippen MR) is 105 cm³/mol. The second-order valence-electron chi connectivity index (χ2n) is 6.73. The molecule has 0 aromatic rings. The van der Waals surface area contributed by atoms with Crippen molar-refractivity contribution >= 4 is 0 Å². The van der Waals surface area contributed by atoms with E-state index in [9.17, 15) is 0 Å². The maximum atomic E-state index is 8.62. The van der Waals surface area contributed by atoms with Crippen LogP contribution in [-0.2, 0) is 0 Å². The summed E-state index contributed by atoms with van der Waals surface area (Å²) in [4.78, 5) is 0. The van der Waals surface area contributed by atoms with Crippen molar-refractivity contribution in [1.82, 2.24) is 0 Å². The minimum atomic E-state index is 0.188. The highest BCUT2D eigenvalue weighted by Crippen LogP contribution is 2.11. The first-order valence-electron chi connectivity index (χ1n) is 10.3. The van der Waals surface area contributed by atoms with Crippen LogP contribution in [0.15, 0.2) is 24.3 Å². The lowest BCUT2D eigenvalue weighted by molar-refractivity contribution is 0.342. The molecule has 0 aromatic heterocycles. The van der Waals surface area contributed by atoms with Gasteiger partial charge in [0.1, 0.15) is 0 Å². The van der Waals surface area contributed by atoms with Gasteiger partial charge < -0.3 is 5.11 Å². The smallest absolute Gasteiger partial charge is 0.0612 e. The van der Waals surface area contributed by atoms with Gasteiger partial charge in [-0.3, -0.25) is 0 Å². The van der Waals surface area contributed by atoms with Gasteiger partial charge in [-0.25, -0.2) is 0 Å². The molecule has 1 heteroatoms. The third-order valence-corrected chi connectivity index (χ3v) is 4.40. The first-order valence-corrected chi connectivity index (χ1v) is 10.3. The Bertz CT molecular complexity index is 255. The van der Waals surface area contributed by atoms with Gasteiger partial charge in [-0.15, -0.1) is 0 Å². The fraction of sp³-hybridized carbons (Fsp3) is 0.818. The van der Waals surface area contributed by atoms with E-state index in [4.69, 9.17) is 5.11 Å². The van der Waals surface area contributed by atoms with E-state index in [1.807, 2.05) is 6.08 Å². The highest BCUT2D eigenvalue weighted by molar-refractivity contribution is 4.81. The average molecular weight is 323 g/mol. The van der Waals surface area contributed by atoms with E-state index < -0.39 is 0 Å². The van der Waals surface area contributed by atoms with E-state index in [1.165, 1.54) is 96.3 Å². The van der Waals surface area contributed by atoms with Gasteiger partial charge in [0, 0.05) is 0 Å². The third-order valence-electron chi connectivity index (χ3n) is 4.40. The molecule has 0 aliphatic rings.